The smallest absolute Gasteiger partial charge is 0.225 e. The lowest BCUT2D eigenvalue weighted by molar-refractivity contribution is -0.124. The molecule has 1 unspecified atom stereocenters. The van der Waals surface area contributed by atoms with Crippen LogP contribution in [0.4, 0.5) is 0 Å². The molecule has 2 N–H and O–H groups in total. The largest absolute Gasteiger partial charge is 0.359 e. The molecule has 0 spiro atoms. The van der Waals surface area contributed by atoms with Crippen LogP contribution < -0.4 is 16.0 Å². The molecule has 1 radical (unpaired) electrons. The van der Waals surface area contributed by atoms with Gasteiger partial charge in [-0.1, -0.05) is 0 Å². The second-order valence-electron chi connectivity index (χ2n) is 2.65. The maximum absolute atomic E-state index is 11.1. The predicted molar refractivity (Wildman–Crippen MR) is 42.3 cm³/mol. The van der Waals surface area contributed by atoms with Crippen LogP contribution >= 0.6 is 0 Å². The van der Waals surface area contributed by atoms with Gasteiger partial charge in [0, 0.05) is 33.2 Å². The Morgan fingerprint density at radius 1 is 1.73 bits per heavy atom. The third-order valence-corrected chi connectivity index (χ3v) is 1.80. The number of hydrogen-bond donors (Lipinski definition) is 2. The Balaban J connectivity index is 2.36. The molecule has 1 atom stereocenters. The number of hydrogen-bond acceptors (Lipinski definition) is 2. The fourth-order valence-electron chi connectivity index (χ4n) is 1.13. The van der Waals surface area contributed by atoms with Crippen molar-refractivity contribution in [3.05, 3.63) is 0 Å². The molecule has 1 amide bonds. The standard InChI is InChI=1S/C7H14N3O/c1-8-7(11)6-4-9-2-3-10-5-6/h6,9H,2-5H2,1H3,(H,8,11). The summed E-state index contributed by atoms with van der Waals surface area (Å²) in [6.07, 6.45) is 0. The van der Waals surface area contributed by atoms with Crippen molar-refractivity contribution in [2.24, 2.45) is 5.92 Å². The SMILES string of the molecule is CNC(=O)C1C[N]CCNC1. The van der Waals surface area contributed by atoms with Crippen LogP contribution in [-0.4, -0.2) is 39.1 Å². The lowest BCUT2D eigenvalue weighted by atomic mass is 10.1. The highest BCUT2D eigenvalue weighted by atomic mass is 16.1. The average Bonchev–Trinajstić information content (AvgIpc) is 2.30. The van der Waals surface area contributed by atoms with Gasteiger partial charge in [0.2, 0.25) is 5.91 Å². The first-order chi connectivity index (χ1) is 5.34. The normalized spacial score (nSPS) is 20.8. The van der Waals surface area contributed by atoms with E-state index in [1.54, 1.807) is 7.05 Å². The minimum absolute atomic E-state index is 0.0301. The maximum Gasteiger partial charge on any atom is 0.225 e. The molecule has 63 valence electrons. The molecule has 1 fully saturated rings. The van der Waals surface area contributed by atoms with Crippen LogP contribution in [-0.2, 0) is 4.79 Å². The highest BCUT2D eigenvalue weighted by Gasteiger charge is 2.18. The van der Waals surface area contributed by atoms with Gasteiger partial charge >= 0.3 is 0 Å². The van der Waals surface area contributed by atoms with E-state index in [1.165, 1.54) is 0 Å². The number of nitrogens with one attached hydrogen (secondary N) is 2. The van der Waals surface area contributed by atoms with Gasteiger partial charge in [-0.3, -0.25) is 4.79 Å². The number of carbonyl (C=O) groups is 1. The summed E-state index contributed by atoms with van der Waals surface area (Å²) in [7, 11) is 1.66. The van der Waals surface area contributed by atoms with E-state index in [0.29, 0.717) is 6.54 Å². The van der Waals surface area contributed by atoms with Gasteiger partial charge in [-0.25, -0.2) is 5.32 Å². The summed E-state index contributed by atoms with van der Waals surface area (Å²) in [6, 6.07) is 0. The number of carbonyl (C=O) groups excluding carboxylic acids is 1. The monoisotopic (exact) mass is 156 g/mol. The Morgan fingerprint density at radius 3 is 3.27 bits per heavy atom. The summed E-state index contributed by atoms with van der Waals surface area (Å²) in [5, 5.41) is 9.98. The third-order valence-electron chi connectivity index (χ3n) is 1.80. The Bertz CT molecular complexity index is 130. The number of amides is 1. The molecule has 1 heterocycles. The first-order valence-electron chi connectivity index (χ1n) is 3.90. The van der Waals surface area contributed by atoms with Crippen molar-refractivity contribution in [1.82, 2.24) is 16.0 Å². The van der Waals surface area contributed by atoms with Crippen LogP contribution in [0.1, 0.15) is 0 Å². The van der Waals surface area contributed by atoms with Crippen molar-refractivity contribution in [3.63, 3.8) is 0 Å². The Labute approximate surface area is 66.7 Å². The second-order valence-corrected chi connectivity index (χ2v) is 2.65. The summed E-state index contributed by atoms with van der Waals surface area (Å²) >= 11 is 0. The average molecular weight is 156 g/mol. The lowest BCUT2D eigenvalue weighted by Gasteiger charge is -2.10. The van der Waals surface area contributed by atoms with Crippen LogP contribution in [0.15, 0.2) is 0 Å². The Morgan fingerprint density at radius 2 is 2.55 bits per heavy atom. The summed E-state index contributed by atoms with van der Waals surface area (Å²) in [5.41, 5.74) is 0. The molecule has 11 heavy (non-hydrogen) atoms. The molecular formula is C7H14N3O. The van der Waals surface area contributed by atoms with E-state index in [-0.39, 0.29) is 11.8 Å². The number of rotatable bonds is 1. The molecule has 4 heteroatoms. The molecule has 0 aromatic carbocycles. The maximum atomic E-state index is 11.1. The van der Waals surface area contributed by atoms with E-state index in [0.717, 1.165) is 19.6 Å². The highest BCUT2D eigenvalue weighted by molar-refractivity contribution is 5.78. The van der Waals surface area contributed by atoms with Gasteiger partial charge in [0.25, 0.3) is 0 Å². The van der Waals surface area contributed by atoms with E-state index >= 15 is 0 Å². The third kappa shape index (κ3) is 2.48. The van der Waals surface area contributed by atoms with Crippen molar-refractivity contribution in [3.8, 4) is 0 Å². The molecule has 0 aromatic rings. The molecule has 1 saturated heterocycles. The molecule has 1 aliphatic heterocycles. The van der Waals surface area contributed by atoms with Crippen molar-refractivity contribution >= 4 is 5.91 Å². The molecule has 1 rings (SSSR count). The van der Waals surface area contributed by atoms with Gasteiger partial charge in [0.1, 0.15) is 0 Å². The molecule has 0 bridgehead atoms. The van der Waals surface area contributed by atoms with Crippen LogP contribution in [0, 0.1) is 5.92 Å². The summed E-state index contributed by atoms with van der Waals surface area (Å²) < 4.78 is 0. The first-order valence-corrected chi connectivity index (χ1v) is 3.90. The Kier molecular flexibility index (Phi) is 3.32. The first kappa shape index (κ1) is 8.49. The topological polar surface area (TPSA) is 55.2 Å². The van der Waals surface area contributed by atoms with Crippen LogP contribution in [0.2, 0.25) is 0 Å². The summed E-state index contributed by atoms with van der Waals surface area (Å²) in [4.78, 5) is 11.1. The van der Waals surface area contributed by atoms with Crippen LogP contribution in [0.3, 0.4) is 0 Å². The molecule has 1 aliphatic rings. The predicted octanol–water partition coefficient (Wildman–Crippen LogP) is -1.44. The van der Waals surface area contributed by atoms with E-state index < -0.39 is 0 Å². The van der Waals surface area contributed by atoms with Crippen molar-refractivity contribution < 1.29 is 4.79 Å². The molecule has 0 aliphatic carbocycles. The van der Waals surface area contributed by atoms with Crippen LogP contribution in [0.25, 0.3) is 0 Å². The van der Waals surface area contributed by atoms with Gasteiger partial charge in [-0.05, 0) is 0 Å². The minimum atomic E-state index is 0.0301. The highest BCUT2D eigenvalue weighted by Crippen LogP contribution is 1.95. The zero-order valence-corrected chi connectivity index (χ0v) is 6.76. The zero-order chi connectivity index (χ0) is 8.10. The van der Waals surface area contributed by atoms with Gasteiger partial charge in [-0.15, -0.1) is 0 Å². The second kappa shape index (κ2) is 4.31. The summed E-state index contributed by atoms with van der Waals surface area (Å²) in [6.45, 7) is 3.14. The van der Waals surface area contributed by atoms with Gasteiger partial charge < -0.3 is 10.6 Å². The zero-order valence-electron chi connectivity index (χ0n) is 6.76. The summed E-state index contributed by atoms with van der Waals surface area (Å²) in [5.74, 6) is 0.116. The fraction of sp³-hybridized carbons (Fsp3) is 0.857. The Hall–Kier alpha value is -0.610. The number of nitrogens with zero attached hydrogens (tertiary/aromatic N) is 1. The van der Waals surface area contributed by atoms with Gasteiger partial charge in [0.15, 0.2) is 0 Å². The molecular weight excluding hydrogens is 142 g/mol. The van der Waals surface area contributed by atoms with Crippen molar-refractivity contribution in [2.75, 3.05) is 33.2 Å². The quantitative estimate of drug-likeness (QED) is 0.488. The van der Waals surface area contributed by atoms with E-state index in [2.05, 4.69) is 16.0 Å². The van der Waals surface area contributed by atoms with E-state index in [4.69, 9.17) is 0 Å². The lowest BCUT2D eigenvalue weighted by Crippen LogP contribution is -2.36. The van der Waals surface area contributed by atoms with Crippen LogP contribution in [0.5, 0.6) is 0 Å². The van der Waals surface area contributed by atoms with E-state index in [9.17, 15) is 4.79 Å². The molecule has 0 aromatic heterocycles. The van der Waals surface area contributed by atoms with Crippen molar-refractivity contribution in [1.29, 1.82) is 0 Å². The van der Waals surface area contributed by atoms with Crippen molar-refractivity contribution in [2.45, 2.75) is 0 Å². The van der Waals surface area contributed by atoms with Gasteiger partial charge in [0.05, 0.1) is 5.92 Å². The van der Waals surface area contributed by atoms with Gasteiger partial charge in [-0.2, -0.15) is 0 Å². The molecule has 4 nitrogen and oxygen atoms in total. The fourth-order valence-corrected chi connectivity index (χ4v) is 1.13. The molecule has 0 saturated carbocycles. The minimum Gasteiger partial charge on any atom is -0.359 e. The van der Waals surface area contributed by atoms with E-state index in [1.807, 2.05) is 0 Å².